The van der Waals surface area contributed by atoms with E-state index in [-0.39, 0.29) is 30.9 Å². The third kappa shape index (κ3) is 5.30. The first-order valence-corrected chi connectivity index (χ1v) is 12.2. The quantitative estimate of drug-likeness (QED) is 0.396. The van der Waals surface area contributed by atoms with Crippen LogP contribution in [-0.4, -0.2) is 37.7 Å². The van der Waals surface area contributed by atoms with Gasteiger partial charge in [0.15, 0.2) is 0 Å². The van der Waals surface area contributed by atoms with E-state index in [4.69, 9.17) is 4.42 Å². The molecule has 9 heteroatoms. The molecule has 0 bridgehead atoms. The number of nitrogens with one attached hydrogen (secondary N) is 1. The van der Waals surface area contributed by atoms with Gasteiger partial charge in [0, 0.05) is 6.04 Å². The number of halogens is 1. The summed E-state index contributed by atoms with van der Waals surface area (Å²) in [6.07, 6.45) is 6.60. The number of para-hydroxylation sites is 1. The number of amides is 2. The Morgan fingerprint density at radius 1 is 1.06 bits per heavy atom. The molecule has 4 aromatic rings. The van der Waals surface area contributed by atoms with E-state index in [0.717, 1.165) is 32.1 Å². The summed E-state index contributed by atoms with van der Waals surface area (Å²) in [5.41, 5.74) is 1.91. The van der Waals surface area contributed by atoms with Crippen molar-refractivity contribution in [1.82, 2.24) is 25.2 Å². The maximum absolute atomic E-state index is 13.8. The molecule has 8 nitrogen and oxygen atoms in total. The minimum absolute atomic E-state index is 0.0500. The highest BCUT2D eigenvalue weighted by Gasteiger charge is 2.34. The fourth-order valence-corrected chi connectivity index (χ4v) is 4.79. The van der Waals surface area contributed by atoms with Crippen molar-refractivity contribution in [2.45, 2.75) is 57.3 Å². The van der Waals surface area contributed by atoms with Crippen LogP contribution in [0.3, 0.4) is 0 Å². The van der Waals surface area contributed by atoms with Crippen LogP contribution in [-0.2, 0) is 22.7 Å². The Kier molecular flexibility index (Phi) is 7.06. The molecule has 5 rings (SSSR count). The van der Waals surface area contributed by atoms with Crippen LogP contribution in [0.1, 0.15) is 49.5 Å². The highest BCUT2D eigenvalue weighted by atomic mass is 19.1. The van der Waals surface area contributed by atoms with Gasteiger partial charge in [-0.05, 0) is 54.8 Å². The molecule has 1 saturated carbocycles. The van der Waals surface area contributed by atoms with Crippen molar-refractivity contribution in [1.29, 1.82) is 0 Å². The van der Waals surface area contributed by atoms with Crippen molar-refractivity contribution in [3.8, 4) is 0 Å². The van der Waals surface area contributed by atoms with E-state index >= 15 is 0 Å². The average molecular weight is 490 g/mol. The van der Waals surface area contributed by atoms with Crippen LogP contribution in [0.25, 0.3) is 11.0 Å². The zero-order valence-corrected chi connectivity index (χ0v) is 19.8. The molecule has 0 saturated heterocycles. The maximum Gasteiger partial charge on any atom is 0.247 e. The summed E-state index contributed by atoms with van der Waals surface area (Å²) in [4.78, 5) is 29.0. The Bertz CT molecular complexity index is 1310. The van der Waals surface area contributed by atoms with E-state index in [9.17, 15) is 14.0 Å². The number of aromatic nitrogens is 3. The van der Waals surface area contributed by atoms with Crippen LogP contribution < -0.4 is 5.32 Å². The first kappa shape index (κ1) is 23.7. The van der Waals surface area contributed by atoms with Crippen molar-refractivity contribution in [3.63, 3.8) is 0 Å². The fraction of sp³-hybridized carbons (Fsp3) is 0.333. The second kappa shape index (κ2) is 10.7. The Hall–Kier alpha value is -4.01. The number of benzene rings is 2. The molecule has 1 aliphatic rings. The highest BCUT2D eigenvalue weighted by molar-refractivity contribution is 5.89. The molecule has 1 fully saturated rings. The smallest absolute Gasteiger partial charge is 0.247 e. The zero-order chi connectivity index (χ0) is 24.9. The van der Waals surface area contributed by atoms with Gasteiger partial charge in [0.25, 0.3) is 0 Å². The van der Waals surface area contributed by atoms with Gasteiger partial charge in [0.05, 0.1) is 18.3 Å². The van der Waals surface area contributed by atoms with Gasteiger partial charge in [-0.15, -0.1) is 5.10 Å². The van der Waals surface area contributed by atoms with Crippen LogP contribution in [0.5, 0.6) is 0 Å². The van der Waals surface area contributed by atoms with Gasteiger partial charge >= 0.3 is 0 Å². The Labute approximate surface area is 208 Å². The monoisotopic (exact) mass is 489 g/mol. The number of nitrogens with zero attached hydrogens (tertiary/aromatic N) is 4. The first-order chi connectivity index (χ1) is 17.6. The van der Waals surface area contributed by atoms with Gasteiger partial charge in [0.1, 0.15) is 29.7 Å². The number of rotatable bonds is 8. The predicted molar refractivity (Wildman–Crippen MR) is 131 cm³/mol. The summed E-state index contributed by atoms with van der Waals surface area (Å²) in [5, 5.41) is 11.4. The molecule has 0 radical (unpaired) electrons. The fourth-order valence-electron chi connectivity index (χ4n) is 4.79. The van der Waals surface area contributed by atoms with E-state index in [1.165, 1.54) is 28.0 Å². The van der Waals surface area contributed by atoms with Crippen molar-refractivity contribution >= 4 is 22.8 Å². The van der Waals surface area contributed by atoms with Gasteiger partial charge in [-0.2, -0.15) is 0 Å². The largest absolute Gasteiger partial charge is 0.467 e. The topological polar surface area (TPSA) is 93.3 Å². The van der Waals surface area contributed by atoms with Gasteiger partial charge in [-0.3, -0.25) is 9.59 Å². The van der Waals surface area contributed by atoms with E-state index in [1.807, 2.05) is 24.3 Å². The summed E-state index contributed by atoms with van der Waals surface area (Å²) in [7, 11) is 0. The lowest BCUT2D eigenvalue weighted by atomic mass is 9.94. The number of hydrogen-bond acceptors (Lipinski definition) is 5. The number of furan rings is 1. The molecule has 2 aromatic carbocycles. The Balaban J connectivity index is 1.49. The molecule has 1 aliphatic carbocycles. The van der Waals surface area contributed by atoms with Gasteiger partial charge in [-0.25, -0.2) is 9.07 Å². The molecule has 36 heavy (non-hydrogen) atoms. The van der Waals surface area contributed by atoms with E-state index in [0.29, 0.717) is 22.4 Å². The normalized spacial score (nSPS) is 15.0. The summed E-state index contributed by atoms with van der Waals surface area (Å²) < 4.78 is 20.8. The molecule has 0 aliphatic heterocycles. The minimum atomic E-state index is -0.972. The number of hydrogen-bond donors (Lipinski definition) is 1. The summed E-state index contributed by atoms with van der Waals surface area (Å²) in [6.45, 7) is -0.0474. The second-order valence-corrected chi connectivity index (χ2v) is 9.13. The van der Waals surface area contributed by atoms with Crippen molar-refractivity contribution < 1.29 is 18.4 Å². The lowest BCUT2D eigenvalue weighted by Crippen LogP contribution is -2.47. The molecule has 2 heterocycles. The van der Waals surface area contributed by atoms with Crippen LogP contribution in [0.15, 0.2) is 71.3 Å². The Morgan fingerprint density at radius 3 is 2.58 bits per heavy atom. The molecular formula is C27H28FN5O3. The predicted octanol–water partition coefficient (Wildman–Crippen LogP) is 4.38. The van der Waals surface area contributed by atoms with Crippen LogP contribution in [0.2, 0.25) is 0 Å². The summed E-state index contributed by atoms with van der Waals surface area (Å²) >= 11 is 0. The maximum atomic E-state index is 13.8. The molecular weight excluding hydrogens is 461 g/mol. The van der Waals surface area contributed by atoms with E-state index < -0.39 is 11.9 Å². The van der Waals surface area contributed by atoms with Crippen molar-refractivity contribution in [2.75, 3.05) is 0 Å². The SMILES string of the molecule is O=C(NC1CCCCC1)[C@H](c1ccc(F)cc1)N(Cc1ccco1)C(=O)Cn1nnc2ccccc21. The Morgan fingerprint density at radius 2 is 1.83 bits per heavy atom. The minimum Gasteiger partial charge on any atom is -0.467 e. The lowest BCUT2D eigenvalue weighted by molar-refractivity contribution is -0.142. The number of carbonyl (C=O) groups excluding carboxylic acids is 2. The van der Waals surface area contributed by atoms with Crippen molar-refractivity contribution in [2.24, 2.45) is 0 Å². The molecule has 1 N–H and O–H groups in total. The number of fused-ring (bicyclic) bond motifs is 1. The van der Waals surface area contributed by atoms with Crippen LogP contribution >= 0.6 is 0 Å². The molecule has 186 valence electrons. The number of carbonyl (C=O) groups is 2. The van der Waals surface area contributed by atoms with Gasteiger partial charge < -0.3 is 14.6 Å². The third-order valence-electron chi connectivity index (χ3n) is 6.63. The lowest BCUT2D eigenvalue weighted by Gasteiger charge is -2.33. The van der Waals surface area contributed by atoms with Crippen LogP contribution in [0.4, 0.5) is 4.39 Å². The standard InChI is InChI=1S/C27H28FN5O3/c28-20-14-12-19(13-15-20)26(27(35)29-21-7-2-1-3-8-21)32(17-22-9-6-16-36-22)25(34)18-33-24-11-5-4-10-23(24)30-31-33/h4-6,9-16,21,26H,1-3,7-8,17-18H2,(H,29,35)/t26-/m0/s1. The van der Waals surface area contributed by atoms with Gasteiger partial charge in [0.2, 0.25) is 11.8 Å². The molecule has 0 spiro atoms. The highest BCUT2D eigenvalue weighted by Crippen LogP contribution is 2.27. The average Bonchev–Trinajstić information content (AvgIpc) is 3.56. The van der Waals surface area contributed by atoms with E-state index in [2.05, 4.69) is 15.6 Å². The summed E-state index contributed by atoms with van der Waals surface area (Å²) in [6, 6.07) is 15.6. The first-order valence-electron chi connectivity index (χ1n) is 12.2. The molecule has 2 amide bonds. The van der Waals surface area contributed by atoms with Crippen LogP contribution in [0, 0.1) is 5.82 Å². The van der Waals surface area contributed by atoms with E-state index in [1.54, 1.807) is 24.3 Å². The van der Waals surface area contributed by atoms with Crippen molar-refractivity contribution in [3.05, 3.63) is 84.1 Å². The second-order valence-electron chi connectivity index (χ2n) is 9.13. The van der Waals surface area contributed by atoms with Gasteiger partial charge in [-0.1, -0.05) is 48.7 Å². The zero-order valence-electron chi connectivity index (χ0n) is 19.8. The summed E-state index contributed by atoms with van der Waals surface area (Å²) in [5.74, 6) is -0.514. The third-order valence-corrected chi connectivity index (χ3v) is 6.63. The molecule has 0 unspecified atom stereocenters. The molecule has 2 aromatic heterocycles. The molecule has 1 atom stereocenters.